The van der Waals surface area contributed by atoms with Gasteiger partial charge in [0.15, 0.2) is 0 Å². The highest BCUT2D eigenvalue weighted by Gasteiger charge is 2.16. The number of ether oxygens (including phenoxy) is 1. The summed E-state index contributed by atoms with van der Waals surface area (Å²) >= 11 is 1.28. The fourth-order valence-corrected chi connectivity index (χ4v) is 4.05. The Morgan fingerprint density at radius 1 is 1.19 bits per heavy atom. The molecular formula is C14H18N2O3S2. The third-order valence-corrected chi connectivity index (χ3v) is 5.85. The minimum absolute atomic E-state index is 0.322. The number of anilines is 1. The highest BCUT2D eigenvalue weighted by atomic mass is 32.2. The van der Waals surface area contributed by atoms with Gasteiger partial charge in [-0.1, -0.05) is 6.92 Å². The number of thiophene rings is 1. The van der Waals surface area contributed by atoms with Crippen LogP contribution in [0.4, 0.5) is 5.69 Å². The first-order valence-corrected chi connectivity index (χ1v) is 8.89. The fourth-order valence-electron chi connectivity index (χ4n) is 1.69. The lowest BCUT2D eigenvalue weighted by atomic mass is 10.3. The molecule has 0 fully saturated rings. The lowest BCUT2D eigenvalue weighted by molar-refractivity contribution is 0.328. The van der Waals surface area contributed by atoms with Crippen molar-refractivity contribution in [3.63, 3.8) is 0 Å². The van der Waals surface area contributed by atoms with Crippen LogP contribution in [0.2, 0.25) is 0 Å². The molecule has 0 spiro atoms. The minimum Gasteiger partial charge on any atom is -0.492 e. The van der Waals surface area contributed by atoms with E-state index >= 15 is 0 Å². The van der Waals surface area contributed by atoms with Gasteiger partial charge in [0.1, 0.15) is 16.6 Å². The Kier molecular flexibility index (Phi) is 5.22. The van der Waals surface area contributed by atoms with Gasteiger partial charge >= 0.3 is 0 Å². The van der Waals surface area contributed by atoms with Crippen LogP contribution < -0.4 is 15.2 Å². The van der Waals surface area contributed by atoms with Gasteiger partial charge in [0.25, 0.3) is 10.0 Å². The Balaban J connectivity index is 2.09. The van der Waals surface area contributed by atoms with E-state index in [-0.39, 0.29) is 0 Å². The van der Waals surface area contributed by atoms with E-state index in [0.29, 0.717) is 28.8 Å². The van der Waals surface area contributed by atoms with E-state index in [4.69, 9.17) is 10.5 Å². The van der Waals surface area contributed by atoms with Crippen LogP contribution in [-0.2, 0) is 16.4 Å². The second kappa shape index (κ2) is 6.93. The molecule has 1 heterocycles. The molecule has 0 aliphatic carbocycles. The molecule has 7 heteroatoms. The maximum Gasteiger partial charge on any atom is 0.271 e. The molecule has 0 saturated carbocycles. The van der Waals surface area contributed by atoms with Crippen LogP contribution in [0.15, 0.2) is 40.6 Å². The predicted molar refractivity (Wildman–Crippen MR) is 85.5 cm³/mol. The Bertz CT molecular complexity index is 678. The minimum atomic E-state index is -3.52. The largest absolute Gasteiger partial charge is 0.492 e. The van der Waals surface area contributed by atoms with Gasteiger partial charge in [-0.3, -0.25) is 4.72 Å². The SMILES string of the molecule is CCc1ccc(S(=O)(=O)Nc2ccc(OCCN)cc2)s1. The molecule has 0 atom stereocenters. The van der Waals surface area contributed by atoms with Gasteiger partial charge in [-0.2, -0.15) is 0 Å². The molecule has 114 valence electrons. The van der Waals surface area contributed by atoms with Gasteiger partial charge in [-0.05, 0) is 42.8 Å². The van der Waals surface area contributed by atoms with Gasteiger partial charge in [0.05, 0.1) is 0 Å². The summed E-state index contributed by atoms with van der Waals surface area (Å²) in [5, 5.41) is 0. The summed E-state index contributed by atoms with van der Waals surface area (Å²) in [5.41, 5.74) is 5.85. The smallest absolute Gasteiger partial charge is 0.271 e. The number of nitrogens with one attached hydrogen (secondary N) is 1. The molecule has 0 aliphatic heterocycles. The zero-order valence-electron chi connectivity index (χ0n) is 11.7. The summed E-state index contributed by atoms with van der Waals surface area (Å²) in [6.07, 6.45) is 0.827. The lowest BCUT2D eigenvalue weighted by Gasteiger charge is -2.08. The van der Waals surface area contributed by atoms with Crippen LogP contribution in [0.5, 0.6) is 5.75 Å². The highest BCUT2D eigenvalue weighted by Crippen LogP contribution is 2.25. The third kappa shape index (κ3) is 4.20. The van der Waals surface area contributed by atoms with Crippen LogP contribution in [0.25, 0.3) is 0 Å². The summed E-state index contributed by atoms with van der Waals surface area (Å²) in [7, 11) is -3.52. The van der Waals surface area contributed by atoms with E-state index in [2.05, 4.69) is 4.72 Å². The molecule has 3 N–H and O–H groups in total. The van der Waals surface area contributed by atoms with Crippen LogP contribution in [-0.4, -0.2) is 21.6 Å². The first-order chi connectivity index (χ1) is 10.0. The van der Waals surface area contributed by atoms with E-state index in [1.807, 2.05) is 13.0 Å². The maximum atomic E-state index is 12.2. The molecule has 0 saturated heterocycles. The van der Waals surface area contributed by atoms with E-state index in [1.54, 1.807) is 30.3 Å². The number of hydrogen-bond donors (Lipinski definition) is 2. The molecular weight excluding hydrogens is 308 g/mol. The average molecular weight is 326 g/mol. The van der Waals surface area contributed by atoms with Crippen molar-refractivity contribution < 1.29 is 13.2 Å². The topological polar surface area (TPSA) is 81.4 Å². The van der Waals surface area contributed by atoms with E-state index in [0.717, 1.165) is 11.3 Å². The Labute approximate surface area is 128 Å². The standard InChI is InChI=1S/C14H18N2O3S2/c1-2-13-7-8-14(20-13)21(17,18)16-11-3-5-12(6-4-11)19-10-9-15/h3-8,16H,2,9-10,15H2,1H3. The number of benzene rings is 1. The van der Waals surface area contributed by atoms with Crippen LogP contribution >= 0.6 is 11.3 Å². The molecule has 0 bridgehead atoms. The Morgan fingerprint density at radius 3 is 2.48 bits per heavy atom. The van der Waals surface area contributed by atoms with E-state index in [9.17, 15) is 8.42 Å². The number of aryl methyl sites for hydroxylation is 1. The summed E-state index contributed by atoms with van der Waals surface area (Å²) < 4.78 is 32.7. The van der Waals surface area contributed by atoms with E-state index in [1.165, 1.54) is 11.3 Å². The zero-order valence-corrected chi connectivity index (χ0v) is 13.3. The van der Waals surface area contributed by atoms with Crippen molar-refractivity contribution >= 4 is 27.0 Å². The second-order valence-electron chi connectivity index (χ2n) is 4.34. The van der Waals surface area contributed by atoms with Crippen molar-refractivity contribution in [2.45, 2.75) is 17.6 Å². The number of hydrogen-bond acceptors (Lipinski definition) is 5. The van der Waals surface area contributed by atoms with Crippen molar-refractivity contribution in [2.24, 2.45) is 5.73 Å². The molecule has 5 nitrogen and oxygen atoms in total. The lowest BCUT2D eigenvalue weighted by Crippen LogP contribution is -2.12. The number of sulfonamides is 1. The van der Waals surface area contributed by atoms with Crippen LogP contribution in [0.1, 0.15) is 11.8 Å². The third-order valence-electron chi connectivity index (χ3n) is 2.74. The molecule has 1 aromatic heterocycles. The normalized spacial score (nSPS) is 11.3. The average Bonchev–Trinajstić information content (AvgIpc) is 2.96. The van der Waals surface area contributed by atoms with Gasteiger partial charge in [0, 0.05) is 17.1 Å². The number of nitrogens with two attached hydrogens (primary N) is 1. The molecule has 2 rings (SSSR count). The van der Waals surface area contributed by atoms with Gasteiger partial charge < -0.3 is 10.5 Å². The van der Waals surface area contributed by atoms with Crippen molar-refractivity contribution in [3.8, 4) is 5.75 Å². The van der Waals surface area contributed by atoms with E-state index < -0.39 is 10.0 Å². The number of rotatable bonds is 7. The summed E-state index contributed by atoms with van der Waals surface area (Å²) in [4.78, 5) is 1.04. The quantitative estimate of drug-likeness (QED) is 0.819. The van der Waals surface area contributed by atoms with Gasteiger partial charge in [0.2, 0.25) is 0 Å². The molecule has 0 amide bonds. The van der Waals surface area contributed by atoms with Crippen molar-refractivity contribution in [3.05, 3.63) is 41.3 Å². The molecule has 1 aromatic carbocycles. The monoisotopic (exact) mass is 326 g/mol. The molecule has 2 aromatic rings. The molecule has 0 aliphatic rings. The summed E-state index contributed by atoms with van der Waals surface area (Å²) in [6, 6.07) is 10.2. The fraction of sp³-hybridized carbons (Fsp3) is 0.286. The Morgan fingerprint density at radius 2 is 1.90 bits per heavy atom. The first kappa shape index (κ1) is 15.8. The van der Waals surface area contributed by atoms with Gasteiger partial charge in [-0.15, -0.1) is 11.3 Å². The predicted octanol–water partition coefficient (Wildman–Crippen LogP) is 2.45. The Hall–Kier alpha value is -1.57. The summed E-state index contributed by atoms with van der Waals surface area (Å²) in [5.74, 6) is 0.660. The van der Waals surface area contributed by atoms with Gasteiger partial charge in [-0.25, -0.2) is 8.42 Å². The maximum absolute atomic E-state index is 12.2. The summed E-state index contributed by atoms with van der Waals surface area (Å²) in [6.45, 7) is 2.86. The highest BCUT2D eigenvalue weighted by molar-refractivity contribution is 7.94. The second-order valence-corrected chi connectivity index (χ2v) is 7.42. The van der Waals surface area contributed by atoms with Crippen molar-refractivity contribution in [2.75, 3.05) is 17.9 Å². The first-order valence-electron chi connectivity index (χ1n) is 6.59. The molecule has 21 heavy (non-hydrogen) atoms. The van der Waals surface area contributed by atoms with Crippen molar-refractivity contribution in [1.82, 2.24) is 0 Å². The van der Waals surface area contributed by atoms with Crippen LogP contribution in [0, 0.1) is 0 Å². The molecule has 0 radical (unpaired) electrons. The van der Waals surface area contributed by atoms with Crippen molar-refractivity contribution in [1.29, 1.82) is 0 Å². The molecule has 0 unspecified atom stereocenters. The zero-order chi connectivity index (χ0) is 15.3. The van der Waals surface area contributed by atoms with Crippen LogP contribution in [0.3, 0.4) is 0 Å².